The first-order valence-corrected chi connectivity index (χ1v) is 6.72. The smallest absolute Gasteiger partial charge is 2.00 e. The molecule has 2 aliphatic rings. The van der Waals surface area contributed by atoms with E-state index in [1.54, 1.807) is 12.5 Å². The van der Waals surface area contributed by atoms with Gasteiger partial charge in [-0.25, -0.2) is 0 Å². The van der Waals surface area contributed by atoms with Gasteiger partial charge in [-0.15, -0.1) is 0 Å². The van der Waals surface area contributed by atoms with Gasteiger partial charge in [0.05, 0.1) is 12.5 Å². The third-order valence-electron chi connectivity index (χ3n) is 3.20. The van der Waals surface area contributed by atoms with Crippen molar-refractivity contribution in [2.24, 2.45) is 0 Å². The molecule has 0 amide bonds. The van der Waals surface area contributed by atoms with E-state index in [4.69, 9.17) is 9.47 Å². The third-order valence-corrected chi connectivity index (χ3v) is 3.20. The van der Waals surface area contributed by atoms with Crippen molar-refractivity contribution in [3.8, 4) is 11.5 Å². The van der Waals surface area contributed by atoms with Crippen LogP contribution in [0.25, 0.3) is 0 Å². The summed E-state index contributed by atoms with van der Waals surface area (Å²) in [6, 6.07) is 16.2. The first kappa shape index (κ1) is 28.3. The molecule has 2 aromatic rings. The van der Waals surface area contributed by atoms with Gasteiger partial charge in [0.25, 0.3) is 0 Å². The average Bonchev–Trinajstić information content (AvgIpc) is 2.56. The van der Waals surface area contributed by atoms with E-state index in [1.807, 2.05) is 48.6 Å². The van der Waals surface area contributed by atoms with Crippen LogP contribution in [0.1, 0.15) is 11.1 Å². The van der Waals surface area contributed by atoms with E-state index >= 15 is 0 Å². The van der Waals surface area contributed by atoms with Crippen molar-refractivity contribution in [1.29, 1.82) is 0 Å². The third kappa shape index (κ3) is 7.90. The molecular weight excluding hydrogens is 408 g/mol. The monoisotopic (exact) mass is 424 g/mol. The Labute approximate surface area is 168 Å². The average molecular weight is 424 g/mol. The molecule has 0 saturated carbocycles. The van der Waals surface area contributed by atoms with E-state index in [2.05, 4.69) is 12.1 Å². The largest absolute Gasteiger partial charge is 3.00 e. The first-order chi connectivity index (χ1) is 9.93. The van der Waals surface area contributed by atoms with E-state index < -0.39 is 0 Å². The number of hydrogen-bond acceptors (Lipinski definition) is 2. The fourth-order valence-electron chi connectivity index (χ4n) is 2.17. The van der Waals surface area contributed by atoms with Gasteiger partial charge >= 0.3 is 34.1 Å². The molecule has 2 aliphatic heterocycles. The second kappa shape index (κ2) is 14.8. The van der Waals surface area contributed by atoms with Crippen molar-refractivity contribution in [3.63, 3.8) is 0 Å². The summed E-state index contributed by atoms with van der Waals surface area (Å²) in [6.07, 6.45) is 9.50. The molecule has 2 heterocycles. The molecular formula is C18H16Fe2O5. The van der Waals surface area contributed by atoms with Gasteiger partial charge in [-0.2, -0.15) is 0 Å². The Hall–Kier alpha value is -1.56. The van der Waals surface area contributed by atoms with E-state index in [0.29, 0.717) is 0 Å². The summed E-state index contributed by atoms with van der Waals surface area (Å²) in [4.78, 5) is 0. The van der Waals surface area contributed by atoms with Gasteiger partial charge in [0.1, 0.15) is 11.5 Å². The molecule has 7 heteroatoms. The minimum atomic E-state index is 0. The molecule has 0 saturated heterocycles. The predicted molar refractivity (Wildman–Crippen MR) is 81.9 cm³/mol. The number of ether oxygens (including phenoxy) is 2. The van der Waals surface area contributed by atoms with Gasteiger partial charge in [0.15, 0.2) is 0 Å². The van der Waals surface area contributed by atoms with Gasteiger partial charge in [-0.1, -0.05) is 36.4 Å². The van der Waals surface area contributed by atoms with Gasteiger partial charge in [-0.05, 0) is 48.3 Å². The molecule has 0 N–H and O–H groups in total. The summed E-state index contributed by atoms with van der Waals surface area (Å²) < 4.78 is 10.5. The molecule has 134 valence electrons. The molecule has 0 aromatic heterocycles. The molecule has 2 radical (unpaired) electrons. The molecule has 5 nitrogen and oxygen atoms in total. The maximum absolute atomic E-state index is 5.24. The van der Waals surface area contributed by atoms with Crippen molar-refractivity contribution in [2.75, 3.05) is 0 Å². The van der Waals surface area contributed by atoms with Crippen LogP contribution < -0.4 is 9.47 Å². The molecule has 0 aliphatic carbocycles. The summed E-state index contributed by atoms with van der Waals surface area (Å²) in [5, 5.41) is 0. The second-order valence-electron chi connectivity index (χ2n) is 4.60. The van der Waals surface area contributed by atoms with Crippen LogP contribution in [0.3, 0.4) is 0 Å². The number of rotatable bonds is 0. The molecule has 2 aromatic carbocycles. The molecule has 0 fully saturated rings. The topological polar surface area (TPSA) is 104 Å². The van der Waals surface area contributed by atoms with Gasteiger partial charge in [0, 0.05) is 0 Å². The maximum atomic E-state index is 5.24. The quantitative estimate of drug-likeness (QED) is 0.599. The van der Waals surface area contributed by atoms with Crippen LogP contribution >= 0.6 is 0 Å². The van der Waals surface area contributed by atoms with Crippen molar-refractivity contribution in [3.05, 3.63) is 84.3 Å². The van der Waals surface area contributed by atoms with E-state index in [-0.39, 0.29) is 50.6 Å². The Bertz CT molecular complexity index is 548. The Morgan fingerprint density at radius 1 is 0.560 bits per heavy atom. The summed E-state index contributed by atoms with van der Waals surface area (Å²) >= 11 is 0. The van der Waals surface area contributed by atoms with Crippen molar-refractivity contribution in [2.45, 2.75) is 12.8 Å². The Morgan fingerprint density at radius 3 is 1.28 bits per heavy atom. The van der Waals surface area contributed by atoms with Crippen LogP contribution in [0, 0.1) is 0 Å². The van der Waals surface area contributed by atoms with Gasteiger partial charge in [-0.3, -0.25) is 0 Å². The standard InChI is InChI=1S/2C9H8O.2Fe.3O/c2*1-2-6-9-8(4-1)5-3-7-10-9;;;;;/h2*1-4,6-7H,5H2;;;;;/q;;2*+3;3*-2. The summed E-state index contributed by atoms with van der Waals surface area (Å²) in [5.41, 5.74) is 2.54. The van der Waals surface area contributed by atoms with E-state index in [0.717, 1.165) is 24.3 Å². The van der Waals surface area contributed by atoms with Crippen LogP contribution in [-0.2, 0) is 63.4 Å². The van der Waals surface area contributed by atoms with Crippen LogP contribution in [-0.4, -0.2) is 0 Å². The minimum absolute atomic E-state index is 0. The number of para-hydroxylation sites is 2. The van der Waals surface area contributed by atoms with E-state index in [1.165, 1.54) is 11.1 Å². The van der Waals surface area contributed by atoms with Crippen molar-refractivity contribution in [1.82, 2.24) is 0 Å². The summed E-state index contributed by atoms with van der Waals surface area (Å²) in [7, 11) is 0. The number of allylic oxidation sites excluding steroid dienone is 2. The number of fused-ring (bicyclic) bond motifs is 2. The number of hydrogen-bond donors (Lipinski definition) is 0. The van der Waals surface area contributed by atoms with Crippen molar-refractivity contribution >= 4 is 0 Å². The molecule has 4 rings (SSSR count). The fourth-order valence-corrected chi connectivity index (χ4v) is 2.17. The normalized spacial score (nSPS) is 11.2. The second-order valence-corrected chi connectivity index (χ2v) is 4.60. The minimum Gasteiger partial charge on any atom is -2.00 e. The van der Waals surface area contributed by atoms with Gasteiger partial charge < -0.3 is 25.9 Å². The predicted octanol–water partition coefficient (Wildman–Crippen LogP) is 3.91. The zero-order valence-corrected chi connectivity index (χ0v) is 15.3. The van der Waals surface area contributed by atoms with Crippen molar-refractivity contribution < 1.29 is 60.0 Å². The fraction of sp³-hybridized carbons (Fsp3) is 0.111. The van der Waals surface area contributed by atoms with Crippen LogP contribution in [0.15, 0.2) is 73.2 Å². The molecule has 25 heavy (non-hydrogen) atoms. The molecule has 0 unspecified atom stereocenters. The maximum Gasteiger partial charge on any atom is 3.00 e. The molecule has 0 atom stereocenters. The van der Waals surface area contributed by atoms with Crippen LogP contribution in [0.2, 0.25) is 0 Å². The number of benzene rings is 2. The Kier molecular flexibility index (Phi) is 16.7. The summed E-state index contributed by atoms with van der Waals surface area (Å²) in [5.74, 6) is 1.98. The summed E-state index contributed by atoms with van der Waals surface area (Å²) in [6.45, 7) is 0. The van der Waals surface area contributed by atoms with E-state index in [9.17, 15) is 0 Å². The Morgan fingerprint density at radius 2 is 0.920 bits per heavy atom. The van der Waals surface area contributed by atoms with Gasteiger partial charge in [0.2, 0.25) is 0 Å². The Balaban J connectivity index is -0.000000323. The molecule has 0 bridgehead atoms. The zero-order valence-electron chi connectivity index (χ0n) is 13.1. The molecule has 0 spiro atoms. The first-order valence-electron chi connectivity index (χ1n) is 6.72. The zero-order chi connectivity index (χ0) is 13.6. The van der Waals surface area contributed by atoms with Crippen LogP contribution in [0.4, 0.5) is 0 Å². The SMILES string of the molecule is C1=COc2ccccc2C1.C1=COc2ccccc2C1.[Fe+3].[Fe+3].[O-2].[O-2].[O-2]. The van der Waals surface area contributed by atoms with Crippen LogP contribution in [0.5, 0.6) is 11.5 Å².